The summed E-state index contributed by atoms with van der Waals surface area (Å²) in [6.07, 6.45) is 3.07. The molecule has 1 aromatic carbocycles. The fraction of sp³-hybridized carbons (Fsp3) is 0.538. The SMILES string of the molecule is CC(C)CC(CP(=O)(O)C(Cc1ccccc1)NC(=O)[C@@H](N)C(C)C)C(=O)N[C@@H](Cc1cnc[nH]1)C(N)=O. The van der Waals surface area contributed by atoms with Crippen LogP contribution in [0.1, 0.15) is 45.4 Å². The molecule has 1 aromatic heterocycles. The highest BCUT2D eigenvalue weighted by molar-refractivity contribution is 7.58. The first-order valence-electron chi connectivity index (χ1n) is 12.8. The predicted molar refractivity (Wildman–Crippen MR) is 146 cm³/mol. The van der Waals surface area contributed by atoms with Crippen LogP contribution >= 0.6 is 7.37 Å². The minimum Gasteiger partial charge on any atom is -0.368 e. The summed E-state index contributed by atoms with van der Waals surface area (Å²) in [6.45, 7) is 7.36. The number of nitrogens with two attached hydrogens (primary N) is 2. The number of nitrogens with one attached hydrogen (secondary N) is 3. The molecule has 3 amide bonds. The third kappa shape index (κ3) is 9.70. The summed E-state index contributed by atoms with van der Waals surface area (Å²) in [6, 6.07) is 7.14. The number of aromatic nitrogens is 2. The van der Waals surface area contributed by atoms with Crippen molar-refractivity contribution in [3.8, 4) is 0 Å². The molecule has 11 nitrogen and oxygen atoms in total. The number of aromatic amines is 1. The van der Waals surface area contributed by atoms with Crippen molar-refractivity contribution in [3.05, 3.63) is 54.1 Å². The third-order valence-electron chi connectivity index (χ3n) is 6.34. The topological polar surface area (TPSA) is 193 Å². The molecule has 5 atom stereocenters. The Bertz CT molecular complexity index is 1090. The maximum Gasteiger partial charge on any atom is 0.240 e. The van der Waals surface area contributed by atoms with Gasteiger partial charge in [0.15, 0.2) is 0 Å². The van der Waals surface area contributed by atoms with Crippen LogP contribution in [0.3, 0.4) is 0 Å². The zero-order valence-corrected chi connectivity index (χ0v) is 23.4. The molecule has 0 aliphatic carbocycles. The number of primary amides is 1. The number of carbonyl (C=O) groups excluding carboxylic acids is 3. The number of hydrogen-bond donors (Lipinski definition) is 6. The van der Waals surface area contributed by atoms with Gasteiger partial charge in [0.2, 0.25) is 25.1 Å². The molecule has 0 saturated carbocycles. The van der Waals surface area contributed by atoms with Crippen LogP contribution in [0.25, 0.3) is 0 Å². The number of rotatable bonds is 15. The van der Waals surface area contributed by atoms with E-state index >= 15 is 0 Å². The molecular weight excluding hydrogens is 507 g/mol. The molecule has 0 saturated heterocycles. The maximum atomic E-state index is 13.8. The van der Waals surface area contributed by atoms with Gasteiger partial charge in [-0.1, -0.05) is 58.0 Å². The van der Waals surface area contributed by atoms with Crippen molar-refractivity contribution in [2.75, 3.05) is 6.16 Å². The number of imidazole rings is 1. The van der Waals surface area contributed by atoms with E-state index in [9.17, 15) is 23.8 Å². The molecule has 210 valence electrons. The molecule has 0 aliphatic heterocycles. The lowest BCUT2D eigenvalue weighted by Crippen LogP contribution is -2.50. The molecule has 0 fully saturated rings. The molecule has 2 aromatic rings. The van der Waals surface area contributed by atoms with E-state index in [1.807, 2.05) is 19.9 Å². The van der Waals surface area contributed by atoms with Gasteiger partial charge >= 0.3 is 0 Å². The lowest BCUT2D eigenvalue weighted by Gasteiger charge is -2.30. The Hall–Kier alpha value is -3.01. The molecule has 12 heteroatoms. The quantitative estimate of drug-likeness (QED) is 0.182. The number of nitrogens with zero attached hydrogens (tertiary/aromatic N) is 1. The van der Waals surface area contributed by atoms with Crippen molar-refractivity contribution in [1.29, 1.82) is 0 Å². The number of amides is 3. The standard InChI is InChI=1S/C26H41N6O5P/c1-16(2)10-19(25(34)31-21(24(28)33)12-20-13-29-15-30-20)14-38(36,37)22(11-18-8-6-5-7-9-18)32-26(35)23(27)17(3)4/h5-9,13,15-17,19,21-23H,10-12,14,27H2,1-4H3,(H2,28,33)(H,29,30)(H,31,34)(H,32,35)(H,36,37)/t19?,21-,22?,23-/m0/s1. The summed E-state index contributed by atoms with van der Waals surface area (Å²) in [7, 11) is -4.16. The van der Waals surface area contributed by atoms with Crippen LogP contribution in [0, 0.1) is 17.8 Å². The second kappa shape index (κ2) is 14.2. The summed E-state index contributed by atoms with van der Waals surface area (Å²) >= 11 is 0. The van der Waals surface area contributed by atoms with Crippen molar-refractivity contribution in [2.24, 2.45) is 29.2 Å². The lowest BCUT2D eigenvalue weighted by molar-refractivity contribution is -0.129. The third-order valence-corrected chi connectivity index (χ3v) is 8.59. The van der Waals surface area contributed by atoms with E-state index in [-0.39, 0.29) is 30.8 Å². The van der Waals surface area contributed by atoms with Crippen molar-refractivity contribution in [1.82, 2.24) is 20.6 Å². The smallest absolute Gasteiger partial charge is 0.240 e. The fourth-order valence-corrected chi connectivity index (χ4v) is 6.13. The Kier molecular flexibility index (Phi) is 11.7. The predicted octanol–water partition coefficient (Wildman–Crippen LogP) is 1.52. The largest absolute Gasteiger partial charge is 0.368 e. The Balaban J connectivity index is 2.29. The van der Waals surface area contributed by atoms with E-state index in [2.05, 4.69) is 20.6 Å². The first-order valence-corrected chi connectivity index (χ1v) is 14.7. The number of H-pyrrole nitrogens is 1. The normalized spacial score (nSPS) is 16.3. The Morgan fingerprint density at radius 1 is 1.05 bits per heavy atom. The van der Waals surface area contributed by atoms with Gasteiger partial charge < -0.3 is 32.0 Å². The second-order valence-corrected chi connectivity index (χ2v) is 13.0. The first kappa shape index (κ1) is 31.2. The molecule has 38 heavy (non-hydrogen) atoms. The van der Waals surface area contributed by atoms with Gasteiger partial charge in [-0.3, -0.25) is 18.9 Å². The lowest BCUT2D eigenvalue weighted by atomic mass is 9.97. The van der Waals surface area contributed by atoms with Crippen LogP contribution in [-0.2, 0) is 31.8 Å². The second-order valence-electron chi connectivity index (χ2n) is 10.5. The first-order chi connectivity index (χ1) is 17.8. The molecule has 0 spiro atoms. The van der Waals surface area contributed by atoms with E-state index < -0.39 is 48.9 Å². The van der Waals surface area contributed by atoms with Gasteiger partial charge in [0.1, 0.15) is 11.8 Å². The molecule has 1 heterocycles. The highest BCUT2D eigenvalue weighted by atomic mass is 31.2. The molecule has 2 rings (SSSR count). The molecule has 0 radical (unpaired) electrons. The minimum absolute atomic E-state index is 0.0157. The van der Waals surface area contributed by atoms with Crippen molar-refractivity contribution in [2.45, 2.75) is 64.8 Å². The summed E-state index contributed by atoms with van der Waals surface area (Å²) in [5.74, 6) is -4.04. The average Bonchev–Trinajstić information content (AvgIpc) is 3.35. The van der Waals surface area contributed by atoms with E-state index in [4.69, 9.17) is 11.5 Å². The molecule has 3 unspecified atom stereocenters. The molecule has 8 N–H and O–H groups in total. The van der Waals surface area contributed by atoms with Gasteiger partial charge in [0, 0.05) is 36.8 Å². The van der Waals surface area contributed by atoms with Gasteiger partial charge in [0.25, 0.3) is 0 Å². The summed E-state index contributed by atoms with van der Waals surface area (Å²) < 4.78 is 13.8. The Morgan fingerprint density at radius 2 is 1.71 bits per heavy atom. The van der Waals surface area contributed by atoms with Gasteiger partial charge in [0.05, 0.1) is 12.4 Å². The van der Waals surface area contributed by atoms with Crippen LogP contribution in [0.4, 0.5) is 0 Å². The fourth-order valence-electron chi connectivity index (χ4n) is 4.10. The van der Waals surface area contributed by atoms with Crippen LogP contribution in [0.2, 0.25) is 0 Å². The Labute approximate surface area is 224 Å². The zero-order valence-electron chi connectivity index (χ0n) is 22.5. The van der Waals surface area contributed by atoms with Crippen molar-refractivity contribution < 1.29 is 23.8 Å². The van der Waals surface area contributed by atoms with Crippen LogP contribution in [0.15, 0.2) is 42.9 Å². The van der Waals surface area contributed by atoms with Crippen molar-refractivity contribution >= 4 is 25.1 Å². The van der Waals surface area contributed by atoms with E-state index in [1.165, 1.54) is 12.5 Å². The van der Waals surface area contributed by atoms with Gasteiger partial charge in [-0.25, -0.2) is 4.98 Å². The minimum atomic E-state index is -4.16. The summed E-state index contributed by atoms with van der Waals surface area (Å²) in [4.78, 5) is 56.2. The Morgan fingerprint density at radius 3 is 2.24 bits per heavy atom. The highest BCUT2D eigenvalue weighted by Gasteiger charge is 2.39. The van der Waals surface area contributed by atoms with E-state index in [0.717, 1.165) is 5.56 Å². The van der Waals surface area contributed by atoms with Crippen LogP contribution in [0.5, 0.6) is 0 Å². The van der Waals surface area contributed by atoms with Crippen LogP contribution < -0.4 is 22.1 Å². The highest BCUT2D eigenvalue weighted by Crippen LogP contribution is 2.49. The maximum absolute atomic E-state index is 13.8. The average molecular weight is 549 g/mol. The summed E-state index contributed by atoms with van der Waals surface area (Å²) in [5, 5.41) is 5.32. The molecule has 0 aliphatic rings. The zero-order chi connectivity index (χ0) is 28.5. The molecule has 0 bridgehead atoms. The number of hydrogen-bond acceptors (Lipinski definition) is 6. The van der Waals surface area contributed by atoms with E-state index in [1.54, 1.807) is 38.1 Å². The monoisotopic (exact) mass is 548 g/mol. The van der Waals surface area contributed by atoms with Gasteiger partial charge in [-0.2, -0.15) is 0 Å². The number of carbonyl (C=O) groups is 3. The van der Waals surface area contributed by atoms with Gasteiger partial charge in [-0.05, 0) is 23.8 Å². The van der Waals surface area contributed by atoms with Crippen LogP contribution in [-0.4, -0.2) is 56.6 Å². The van der Waals surface area contributed by atoms with E-state index in [0.29, 0.717) is 12.1 Å². The summed E-state index contributed by atoms with van der Waals surface area (Å²) in [5.41, 5.74) is 12.9. The molecular formula is C26H41N6O5P. The number of benzene rings is 1. The van der Waals surface area contributed by atoms with Crippen molar-refractivity contribution in [3.63, 3.8) is 0 Å². The van der Waals surface area contributed by atoms with Gasteiger partial charge in [-0.15, -0.1) is 0 Å².